The Morgan fingerprint density at radius 3 is 2.57 bits per heavy atom. The van der Waals surface area contributed by atoms with Crippen molar-refractivity contribution in [3.05, 3.63) is 105 Å². The quantitative estimate of drug-likeness (QED) is 0.554. The molecule has 28 heavy (non-hydrogen) atoms. The Bertz CT molecular complexity index is 1340. The summed E-state index contributed by atoms with van der Waals surface area (Å²) in [6, 6.07) is 18.1. The minimum atomic E-state index is -0.217. The topological polar surface area (TPSA) is 67.8 Å². The monoisotopic (exact) mass is 367 g/mol. The third kappa shape index (κ3) is 3.24. The van der Waals surface area contributed by atoms with Crippen LogP contribution in [0, 0.1) is 11.8 Å². The van der Waals surface area contributed by atoms with Crippen molar-refractivity contribution >= 4 is 10.9 Å². The zero-order chi connectivity index (χ0) is 19.5. The molecule has 0 aliphatic carbocycles. The van der Waals surface area contributed by atoms with E-state index in [1.807, 2.05) is 49.4 Å². The number of hydrogen-bond acceptors (Lipinski definition) is 3. The van der Waals surface area contributed by atoms with Gasteiger partial charge in [0.2, 0.25) is 5.56 Å². The Kier molecular flexibility index (Phi) is 4.61. The fraction of sp³-hybridized carbons (Fsp3) is 0.0870. The van der Waals surface area contributed by atoms with E-state index in [1.165, 1.54) is 6.07 Å². The maximum Gasteiger partial charge on any atom is 0.267 e. The Hall–Kier alpha value is -3.91. The lowest BCUT2D eigenvalue weighted by Crippen LogP contribution is -2.24. The molecule has 0 saturated heterocycles. The Morgan fingerprint density at radius 1 is 1.00 bits per heavy atom. The molecule has 0 saturated carbocycles. The van der Waals surface area contributed by atoms with E-state index in [4.69, 9.17) is 4.98 Å². The highest BCUT2D eigenvalue weighted by Crippen LogP contribution is 2.16. The number of aryl methyl sites for hydroxylation is 1. The fourth-order valence-corrected chi connectivity index (χ4v) is 3.12. The number of pyridine rings is 1. The highest BCUT2D eigenvalue weighted by Gasteiger charge is 2.13. The molecule has 0 amide bonds. The van der Waals surface area contributed by atoms with Crippen LogP contribution in [0.4, 0.5) is 0 Å². The summed E-state index contributed by atoms with van der Waals surface area (Å²) >= 11 is 0. The van der Waals surface area contributed by atoms with Crippen LogP contribution < -0.4 is 11.1 Å². The number of rotatable bonds is 2. The summed E-state index contributed by atoms with van der Waals surface area (Å²) in [5.41, 5.74) is 2.20. The maximum atomic E-state index is 13.4. The lowest BCUT2D eigenvalue weighted by atomic mass is 10.1. The lowest BCUT2D eigenvalue weighted by molar-refractivity contribution is 0.833. The van der Waals surface area contributed by atoms with Crippen molar-refractivity contribution in [3.63, 3.8) is 0 Å². The smallest absolute Gasteiger partial charge is 0.267 e. The summed E-state index contributed by atoms with van der Waals surface area (Å²) in [6.45, 7) is 1.98. The highest BCUT2D eigenvalue weighted by atomic mass is 16.1. The van der Waals surface area contributed by atoms with Crippen LogP contribution in [0.3, 0.4) is 0 Å². The van der Waals surface area contributed by atoms with Gasteiger partial charge in [-0.25, -0.2) is 4.98 Å². The van der Waals surface area contributed by atoms with Crippen LogP contribution in [0.25, 0.3) is 16.6 Å². The summed E-state index contributed by atoms with van der Waals surface area (Å²) in [6.07, 6.45) is 2.18. The molecule has 0 bridgehead atoms. The summed E-state index contributed by atoms with van der Waals surface area (Å²) < 4.78 is 1.64. The maximum absolute atomic E-state index is 13.4. The van der Waals surface area contributed by atoms with E-state index in [2.05, 4.69) is 16.8 Å². The average molecular weight is 367 g/mol. The molecule has 2 aromatic heterocycles. The molecule has 0 unspecified atom stereocenters. The zero-order valence-electron chi connectivity index (χ0n) is 15.3. The molecule has 1 N–H and O–H groups in total. The van der Waals surface area contributed by atoms with E-state index in [0.29, 0.717) is 34.3 Å². The van der Waals surface area contributed by atoms with E-state index < -0.39 is 0 Å². The van der Waals surface area contributed by atoms with Crippen molar-refractivity contribution in [2.75, 3.05) is 0 Å². The molecule has 2 heterocycles. The van der Waals surface area contributed by atoms with Crippen LogP contribution in [0.5, 0.6) is 0 Å². The molecule has 0 radical (unpaired) electrons. The van der Waals surface area contributed by atoms with Crippen LogP contribution >= 0.6 is 0 Å². The second-order valence-electron chi connectivity index (χ2n) is 6.25. The third-order valence-electron chi connectivity index (χ3n) is 4.41. The molecule has 4 rings (SSSR count). The van der Waals surface area contributed by atoms with Crippen LogP contribution in [0.15, 0.2) is 76.4 Å². The second-order valence-corrected chi connectivity index (χ2v) is 6.25. The van der Waals surface area contributed by atoms with Gasteiger partial charge in [0.1, 0.15) is 5.82 Å². The van der Waals surface area contributed by atoms with Crippen molar-refractivity contribution < 1.29 is 0 Å². The predicted molar refractivity (Wildman–Crippen MR) is 110 cm³/mol. The lowest BCUT2D eigenvalue weighted by Gasteiger charge is -2.13. The molecule has 0 atom stereocenters. The van der Waals surface area contributed by atoms with Gasteiger partial charge in [-0.1, -0.05) is 43.0 Å². The summed E-state index contributed by atoms with van der Waals surface area (Å²) in [5.74, 6) is 6.69. The van der Waals surface area contributed by atoms with E-state index in [0.717, 1.165) is 5.69 Å². The standard InChI is InChI=1S/C23H17N3O2/c1-2-20-25-19-10-6-7-17(12-11-16-13-14-24-21(27)15-16)22(19)23(28)26(20)18-8-4-3-5-9-18/h3-10,13-15H,2H2,1H3,(H,24,27). The van der Waals surface area contributed by atoms with Crippen molar-refractivity contribution in [1.29, 1.82) is 0 Å². The average Bonchev–Trinajstić information content (AvgIpc) is 2.72. The number of hydrogen-bond donors (Lipinski definition) is 1. The van der Waals surface area contributed by atoms with Gasteiger partial charge in [-0.15, -0.1) is 0 Å². The Morgan fingerprint density at radius 2 is 1.82 bits per heavy atom. The van der Waals surface area contributed by atoms with E-state index in [9.17, 15) is 9.59 Å². The molecule has 0 aliphatic rings. The zero-order valence-corrected chi connectivity index (χ0v) is 15.3. The molecule has 5 nitrogen and oxygen atoms in total. The molecule has 2 aromatic carbocycles. The minimum Gasteiger partial charge on any atom is -0.329 e. The van der Waals surface area contributed by atoms with Gasteiger partial charge in [0, 0.05) is 29.8 Å². The van der Waals surface area contributed by atoms with E-state index >= 15 is 0 Å². The molecule has 5 heteroatoms. The van der Waals surface area contributed by atoms with Gasteiger partial charge in [-0.05, 0) is 30.3 Å². The molecule has 0 aliphatic heterocycles. The van der Waals surface area contributed by atoms with Crippen molar-refractivity contribution in [2.24, 2.45) is 0 Å². The molecule has 136 valence electrons. The molecule has 0 spiro atoms. The summed E-state index contributed by atoms with van der Waals surface area (Å²) in [5, 5.41) is 0.473. The highest BCUT2D eigenvalue weighted by molar-refractivity contribution is 5.84. The first-order valence-electron chi connectivity index (χ1n) is 8.98. The van der Waals surface area contributed by atoms with Gasteiger partial charge in [0.05, 0.1) is 16.6 Å². The Balaban J connectivity index is 1.98. The van der Waals surface area contributed by atoms with Crippen molar-refractivity contribution in [1.82, 2.24) is 14.5 Å². The van der Waals surface area contributed by atoms with Gasteiger partial charge < -0.3 is 4.98 Å². The van der Waals surface area contributed by atoms with Crippen LogP contribution in [-0.2, 0) is 6.42 Å². The normalized spacial score (nSPS) is 10.5. The Labute approximate surface area is 161 Å². The van der Waals surface area contributed by atoms with Crippen LogP contribution in [0.1, 0.15) is 23.9 Å². The number of aromatic amines is 1. The third-order valence-corrected chi connectivity index (χ3v) is 4.41. The number of aromatic nitrogens is 3. The first kappa shape index (κ1) is 17.5. The van der Waals surface area contributed by atoms with Crippen LogP contribution in [0.2, 0.25) is 0 Å². The number of fused-ring (bicyclic) bond motifs is 1. The number of H-pyrrole nitrogens is 1. The molecular formula is C23H17N3O2. The van der Waals surface area contributed by atoms with Crippen molar-refractivity contribution in [3.8, 4) is 17.5 Å². The first-order chi connectivity index (χ1) is 13.7. The summed E-state index contributed by atoms with van der Waals surface area (Å²) in [4.78, 5) is 32.1. The van der Waals surface area contributed by atoms with E-state index in [-0.39, 0.29) is 11.1 Å². The van der Waals surface area contributed by atoms with Gasteiger partial charge >= 0.3 is 0 Å². The number of benzene rings is 2. The van der Waals surface area contributed by atoms with Crippen LogP contribution in [-0.4, -0.2) is 14.5 Å². The predicted octanol–water partition coefficient (Wildman–Crippen LogP) is 3.04. The van der Waals surface area contributed by atoms with Crippen molar-refractivity contribution in [2.45, 2.75) is 13.3 Å². The largest absolute Gasteiger partial charge is 0.329 e. The van der Waals surface area contributed by atoms with Gasteiger partial charge in [-0.2, -0.15) is 0 Å². The second kappa shape index (κ2) is 7.37. The number of nitrogens with one attached hydrogen (secondary N) is 1. The number of para-hydroxylation sites is 1. The van der Waals surface area contributed by atoms with Gasteiger partial charge in [0.25, 0.3) is 5.56 Å². The fourth-order valence-electron chi connectivity index (χ4n) is 3.12. The molecule has 0 fully saturated rings. The van der Waals surface area contributed by atoms with Gasteiger partial charge in [0.15, 0.2) is 0 Å². The molecular weight excluding hydrogens is 350 g/mol. The summed E-state index contributed by atoms with van der Waals surface area (Å²) in [7, 11) is 0. The molecule has 4 aromatic rings. The number of nitrogens with zero attached hydrogens (tertiary/aromatic N) is 2. The minimum absolute atomic E-state index is 0.149. The first-order valence-corrected chi connectivity index (χ1v) is 8.98. The van der Waals surface area contributed by atoms with Gasteiger partial charge in [-0.3, -0.25) is 14.2 Å². The SMILES string of the molecule is CCc1nc2cccc(C#Cc3cc[nH]c(=O)c3)c2c(=O)n1-c1ccccc1. The van der Waals surface area contributed by atoms with E-state index in [1.54, 1.807) is 22.9 Å².